The van der Waals surface area contributed by atoms with Gasteiger partial charge in [0.05, 0.1) is 11.3 Å². The molecule has 3 N–H and O–H groups in total. The summed E-state index contributed by atoms with van der Waals surface area (Å²) in [6, 6.07) is 4.51. The number of nitrogens with zero attached hydrogens (tertiary/aromatic N) is 3. The van der Waals surface area contributed by atoms with Crippen LogP contribution in [0.15, 0.2) is 35.9 Å². The number of nitrogens with two attached hydrogens (primary N) is 1. The minimum Gasteiger partial charge on any atom is -0.382 e. The maximum Gasteiger partial charge on any atom is 0.416 e. The summed E-state index contributed by atoms with van der Waals surface area (Å²) in [7, 11) is 0. The third-order valence-electron chi connectivity index (χ3n) is 4.45. The number of allylic oxidation sites excluding steroid dienone is 1. The lowest BCUT2D eigenvalue weighted by atomic mass is 9.97. The Balaban J connectivity index is 1.69. The van der Waals surface area contributed by atoms with Crippen LogP contribution < -0.4 is 11.1 Å². The van der Waals surface area contributed by atoms with Crippen molar-refractivity contribution in [2.75, 3.05) is 12.3 Å². The van der Waals surface area contributed by atoms with Crippen LogP contribution in [0.5, 0.6) is 0 Å². The molecule has 0 saturated heterocycles. The lowest BCUT2D eigenvalue weighted by molar-refractivity contribution is -0.137. The van der Waals surface area contributed by atoms with Gasteiger partial charge in [-0.05, 0) is 50.3 Å². The van der Waals surface area contributed by atoms with Gasteiger partial charge in [0.2, 0.25) is 0 Å². The van der Waals surface area contributed by atoms with Gasteiger partial charge in [0, 0.05) is 6.54 Å². The average molecular weight is 379 g/mol. The van der Waals surface area contributed by atoms with E-state index < -0.39 is 17.6 Å². The van der Waals surface area contributed by atoms with E-state index in [4.69, 9.17) is 5.73 Å². The van der Waals surface area contributed by atoms with E-state index in [0.29, 0.717) is 6.54 Å². The predicted octanol–water partition coefficient (Wildman–Crippen LogP) is 3.49. The fourth-order valence-corrected chi connectivity index (χ4v) is 3.01. The second-order valence-corrected chi connectivity index (χ2v) is 6.40. The number of carbonyl (C=O) groups excluding carboxylic acids is 1. The number of carbonyl (C=O) groups is 1. The van der Waals surface area contributed by atoms with E-state index in [2.05, 4.69) is 21.7 Å². The number of hydrogen-bond acceptors (Lipinski definition) is 4. The Morgan fingerprint density at radius 2 is 2.11 bits per heavy atom. The van der Waals surface area contributed by atoms with Crippen LogP contribution in [-0.2, 0) is 6.18 Å². The number of aromatic nitrogens is 3. The lowest BCUT2D eigenvalue weighted by Gasteiger charge is -2.12. The van der Waals surface area contributed by atoms with Gasteiger partial charge in [-0.25, -0.2) is 0 Å². The molecule has 144 valence electrons. The number of amides is 1. The zero-order chi connectivity index (χ0) is 19.4. The second kappa shape index (κ2) is 7.81. The minimum absolute atomic E-state index is 0.0845. The van der Waals surface area contributed by atoms with Gasteiger partial charge in [-0.15, -0.1) is 5.10 Å². The van der Waals surface area contributed by atoms with Crippen molar-refractivity contribution >= 4 is 11.7 Å². The van der Waals surface area contributed by atoms with Gasteiger partial charge in [0.1, 0.15) is 0 Å². The Bertz CT molecular complexity index is 857. The molecule has 0 atom stereocenters. The summed E-state index contributed by atoms with van der Waals surface area (Å²) in [5, 5.41) is 10.2. The highest BCUT2D eigenvalue weighted by molar-refractivity contribution is 5.96. The summed E-state index contributed by atoms with van der Waals surface area (Å²) >= 11 is 0. The Hall–Kier alpha value is -2.84. The minimum atomic E-state index is -4.49. The Morgan fingerprint density at radius 1 is 1.30 bits per heavy atom. The Kier molecular flexibility index (Phi) is 5.48. The third kappa shape index (κ3) is 4.47. The first-order chi connectivity index (χ1) is 12.9. The highest BCUT2D eigenvalue weighted by Crippen LogP contribution is 2.30. The van der Waals surface area contributed by atoms with Crippen molar-refractivity contribution in [1.29, 1.82) is 0 Å². The van der Waals surface area contributed by atoms with Crippen LogP contribution in [0.3, 0.4) is 0 Å². The van der Waals surface area contributed by atoms with Crippen LogP contribution in [-0.4, -0.2) is 27.4 Å². The molecule has 1 amide bonds. The molecule has 6 nitrogen and oxygen atoms in total. The molecule has 0 bridgehead atoms. The SMILES string of the molecule is Nc1c(C(=O)NCCC2=CCCCC2)nnn1-c1cccc(C(F)(F)F)c1. The summed E-state index contributed by atoms with van der Waals surface area (Å²) in [4.78, 5) is 12.3. The Labute approximate surface area is 154 Å². The molecule has 1 heterocycles. The number of nitrogens with one attached hydrogen (secondary N) is 1. The average Bonchev–Trinajstić information content (AvgIpc) is 3.03. The van der Waals surface area contributed by atoms with Crippen LogP contribution >= 0.6 is 0 Å². The van der Waals surface area contributed by atoms with E-state index in [9.17, 15) is 18.0 Å². The molecule has 1 aliphatic rings. The molecule has 0 saturated carbocycles. The van der Waals surface area contributed by atoms with Crippen LogP contribution in [0.25, 0.3) is 5.69 Å². The molecular weight excluding hydrogens is 359 g/mol. The molecule has 0 unspecified atom stereocenters. The summed E-state index contributed by atoms with van der Waals surface area (Å²) in [5.41, 5.74) is 6.36. The normalized spacial score (nSPS) is 14.7. The molecule has 3 rings (SSSR count). The maximum absolute atomic E-state index is 12.9. The van der Waals surface area contributed by atoms with Gasteiger partial charge in [-0.2, -0.15) is 17.9 Å². The molecule has 0 fully saturated rings. The number of alkyl halides is 3. The third-order valence-corrected chi connectivity index (χ3v) is 4.45. The number of rotatable bonds is 5. The predicted molar refractivity (Wildman–Crippen MR) is 94.3 cm³/mol. The fourth-order valence-electron chi connectivity index (χ4n) is 3.01. The fraction of sp³-hybridized carbons (Fsp3) is 0.389. The molecule has 0 radical (unpaired) electrons. The number of hydrogen-bond donors (Lipinski definition) is 2. The highest BCUT2D eigenvalue weighted by atomic mass is 19.4. The van der Waals surface area contributed by atoms with E-state index in [1.54, 1.807) is 0 Å². The molecule has 0 aliphatic heterocycles. The van der Waals surface area contributed by atoms with E-state index >= 15 is 0 Å². The monoisotopic (exact) mass is 379 g/mol. The smallest absolute Gasteiger partial charge is 0.382 e. The van der Waals surface area contributed by atoms with E-state index in [1.807, 2.05) is 0 Å². The highest BCUT2D eigenvalue weighted by Gasteiger charge is 2.31. The van der Waals surface area contributed by atoms with Crippen LogP contribution in [0.2, 0.25) is 0 Å². The first-order valence-corrected chi connectivity index (χ1v) is 8.71. The number of anilines is 1. The molecule has 2 aromatic rings. The molecule has 27 heavy (non-hydrogen) atoms. The van der Waals surface area contributed by atoms with Gasteiger partial charge in [-0.3, -0.25) is 4.79 Å². The zero-order valence-corrected chi connectivity index (χ0v) is 14.6. The van der Waals surface area contributed by atoms with Crippen molar-refractivity contribution in [1.82, 2.24) is 20.3 Å². The van der Waals surface area contributed by atoms with Crippen molar-refractivity contribution in [3.63, 3.8) is 0 Å². The first kappa shape index (κ1) is 18.9. The van der Waals surface area contributed by atoms with Crippen LogP contribution in [0.1, 0.15) is 48.2 Å². The molecular formula is C18H20F3N5O. The van der Waals surface area contributed by atoms with Crippen molar-refractivity contribution in [2.24, 2.45) is 0 Å². The van der Waals surface area contributed by atoms with Crippen molar-refractivity contribution in [3.8, 4) is 5.69 Å². The Morgan fingerprint density at radius 3 is 2.81 bits per heavy atom. The van der Waals surface area contributed by atoms with Crippen molar-refractivity contribution in [3.05, 3.63) is 47.2 Å². The van der Waals surface area contributed by atoms with Crippen molar-refractivity contribution < 1.29 is 18.0 Å². The second-order valence-electron chi connectivity index (χ2n) is 6.40. The van der Waals surface area contributed by atoms with E-state index in [1.165, 1.54) is 24.1 Å². The molecule has 0 spiro atoms. The number of benzene rings is 1. The molecule has 9 heteroatoms. The quantitative estimate of drug-likeness (QED) is 0.779. The van der Waals surface area contributed by atoms with Crippen molar-refractivity contribution in [2.45, 2.75) is 38.3 Å². The summed E-state index contributed by atoms with van der Waals surface area (Å²) in [6.07, 6.45) is 2.95. The first-order valence-electron chi connectivity index (χ1n) is 8.71. The van der Waals surface area contributed by atoms with Gasteiger partial charge in [-0.1, -0.05) is 22.9 Å². The summed E-state index contributed by atoms with van der Waals surface area (Å²) < 4.78 is 39.6. The summed E-state index contributed by atoms with van der Waals surface area (Å²) in [5.74, 6) is -0.606. The molecule has 1 aliphatic carbocycles. The largest absolute Gasteiger partial charge is 0.416 e. The number of nitrogen functional groups attached to an aromatic ring is 1. The van der Waals surface area contributed by atoms with Crippen LogP contribution in [0, 0.1) is 0 Å². The molecule has 1 aromatic carbocycles. The lowest BCUT2D eigenvalue weighted by Crippen LogP contribution is -2.26. The van der Waals surface area contributed by atoms with E-state index in [0.717, 1.165) is 42.5 Å². The molecule has 1 aromatic heterocycles. The van der Waals surface area contributed by atoms with Gasteiger partial charge >= 0.3 is 6.18 Å². The standard InChI is InChI=1S/C18H20F3N5O/c19-18(20,21)13-7-4-8-14(11-13)26-16(22)15(24-25-26)17(27)23-10-9-12-5-2-1-3-6-12/h4-5,7-8,11H,1-3,6,9-10,22H2,(H,23,27). The van der Waals surface area contributed by atoms with Gasteiger partial charge in [0.25, 0.3) is 5.91 Å². The topological polar surface area (TPSA) is 85.8 Å². The zero-order valence-electron chi connectivity index (χ0n) is 14.6. The summed E-state index contributed by atoms with van der Waals surface area (Å²) in [6.45, 7) is 0.445. The maximum atomic E-state index is 12.9. The number of halogens is 3. The van der Waals surface area contributed by atoms with Gasteiger partial charge in [0.15, 0.2) is 11.5 Å². The van der Waals surface area contributed by atoms with E-state index in [-0.39, 0.29) is 17.2 Å². The van der Waals surface area contributed by atoms with Gasteiger partial charge < -0.3 is 11.1 Å². The van der Waals surface area contributed by atoms with Crippen LogP contribution in [0.4, 0.5) is 19.0 Å².